The zero-order valence-corrected chi connectivity index (χ0v) is 13.5. The minimum absolute atomic E-state index is 0.206. The van der Waals surface area contributed by atoms with Crippen molar-refractivity contribution in [2.45, 2.75) is 13.8 Å². The average Bonchev–Trinajstić information content (AvgIpc) is 2.76. The molecule has 0 atom stereocenters. The van der Waals surface area contributed by atoms with Gasteiger partial charge in [0.1, 0.15) is 17.3 Å². The summed E-state index contributed by atoms with van der Waals surface area (Å²) in [6, 6.07) is 6.59. The van der Waals surface area contributed by atoms with E-state index in [1.54, 1.807) is 18.2 Å². The van der Waals surface area contributed by atoms with Crippen LogP contribution in [0.2, 0.25) is 10.0 Å². The Hall–Kier alpha value is -1.98. The van der Waals surface area contributed by atoms with Crippen molar-refractivity contribution in [3.05, 3.63) is 51.4 Å². The first kappa shape index (κ1) is 16.4. The Kier molecular flexibility index (Phi) is 5.46. The minimum atomic E-state index is -0.403. The monoisotopic (exact) mass is 340 g/mol. The van der Waals surface area contributed by atoms with Crippen LogP contribution in [0.1, 0.15) is 17.1 Å². The SMILES string of the molecule is Cc1cc(/C=N\NC(=O)COc2ccc(Cl)cc2Cl)c(C)o1. The van der Waals surface area contributed by atoms with Crippen LogP contribution >= 0.6 is 23.2 Å². The van der Waals surface area contributed by atoms with Gasteiger partial charge in [-0.2, -0.15) is 5.10 Å². The number of nitrogens with one attached hydrogen (secondary N) is 1. The van der Waals surface area contributed by atoms with Gasteiger partial charge in [0.15, 0.2) is 6.61 Å². The molecule has 0 radical (unpaired) electrons. The minimum Gasteiger partial charge on any atom is -0.482 e. The fourth-order valence-corrected chi connectivity index (χ4v) is 2.18. The number of halogens is 2. The maximum atomic E-state index is 11.6. The van der Waals surface area contributed by atoms with Crippen LogP contribution in [0, 0.1) is 13.8 Å². The number of nitrogens with zero attached hydrogens (tertiary/aromatic N) is 1. The first-order valence-electron chi connectivity index (χ1n) is 6.42. The Morgan fingerprint density at radius 2 is 2.14 bits per heavy atom. The topological polar surface area (TPSA) is 63.8 Å². The molecule has 1 aromatic carbocycles. The highest BCUT2D eigenvalue weighted by Gasteiger charge is 2.06. The summed E-state index contributed by atoms with van der Waals surface area (Å²) in [5, 5.41) is 4.68. The van der Waals surface area contributed by atoms with Crippen molar-refractivity contribution in [1.29, 1.82) is 0 Å². The fraction of sp³-hybridized carbons (Fsp3) is 0.200. The van der Waals surface area contributed by atoms with E-state index < -0.39 is 5.91 Å². The summed E-state index contributed by atoms with van der Waals surface area (Å²) >= 11 is 11.7. The Morgan fingerprint density at radius 3 is 2.77 bits per heavy atom. The van der Waals surface area contributed by atoms with Gasteiger partial charge < -0.3 is 9.15 Å². The third-order valence-electron chi connectivity index (χ3n) is 2.72. The Labute approximate surface area is 137 Å². The molecule has 1 heterocycles. The maximum absolute atomic E-state index is 11.6. The van der Waals surface area contributed by atoms with E-state index in [1.807, 2.05) is 19.9 Å². The predicted molar refractivity (Wildman–Crippen MR) is 85.9 cm³/mol. The van der Waals surface area contributed by atoms with Crippen molar-refractivity contribution >= 4 is 35.3 Å². The molecule has 0 unspecified atom stereocenters. The molecular formula is C15H14Cl2N2O3. The number of ether oxygens (including phenoxy) is 1. The van der Waals surface area contributed by atoms with E-state index in [1.165, 1.54) is 6.21 Å². The molecule has 0 aliphatic heterocycles. The van der Waals surface area contributed by atoms with E-state index in [9.17, 15) is 4.79 Å². The van der Waals surface area contributed by atoms with Gasteiger partial charge in [0, 0.05) is 10.6 Å². The highest BCUT2D eigenvalue weighted by Crippen LogP contribution is 2.27. The van der Waals surface area contributed by atoms with E-state index in [-0.39, 0.29) is 6.61 Å². The molecule has 2 rings (SSSR count). The van der Waals surface area contributed by atoms with Gasteiger partial charge in [-0.3, -0.25) is 4.79 Å². The van der Waals surface area contributed by atoms with E-state index >= 15 is 0 Å². The largest absolute Gasteiger partial charge is 0.482 e. The van der Waals surface area contributed by atoms with Crippen LogP contribution in [0.4, 0.5) is 0 Å². The van der Waals surface area contributed by atoms with Gasteiger partial charge in [-0.05, 0) is 38.1 Å². The summed E-state index contributed by atoms with van der Waals surface area (Å²) in [7, 11) is 0. The van der Waals surface area contributed by atoms with Crippen LogP contribution in [0.5, 0.6) is 5.75 Å². The van der Waals surface area contributed by atoms with Crippen molar-refractivity contribution < 1.29 is 13.9 Å². The lowest BCUT2D eigenvalue weighted by atomic mass is 10.3. The second-order valence-electron chi connectivity index (χ2n) is 4.53. The molecule has 7 heteroatoms. The number of furan rings is 1. The molecule has 1 amide bonds. The smallest absolute Gasteiger partial charge is 0.277 e. The number of aryl methyl sites for hydroxylation is 2. The second-order valence-corrected chi connectivity index (χ2v) is 5.37. The Bertz CT molecular complexity index is 711. The average molecular weight is 341 g/mol. The van der Waals surface area contributed by atoms with Gasteiger partial charge in [-0.15, -0.1) is 0 Å². The second kappa shape index (κ2) is 7.33. The van der Waals surface area contributed by atoms with Crippen molar-refractivity contribution in [2.75, 3.05) is 6.61 Å². The highest BCUT2D eigenvalue weighted by atomic mass is 35.5. The van der Waals surface area contributed by atoms with E-state index in [4.69, 9.17) is 32.4 Å². The summed E-state index contributed by atoms with van der Waals surface area (Å²) in [5.41, 5.74) is 3.17. The predicted octanol–water partition coefficient (Wildman–Crippen LogP) is 3.73. The molecule has 0 saturated carbocycles. The molecule has 1 aromatic heterocycles. The summed E-state index contributed by atoms with van der Waals surface area (Å²) in [6.45, 7) is 3.45. The molecule has 0 aliphatic rings. The lowest BCUT2D eigenvalue weighted by molar-refractivity contribution is -0.123. The van der Waals surface area contributed by atoms with Crippen LogP contribution in [-0.2, 0) is 4.79 Å². The quantitative estimate of drug-likeness (QED) is 0.666. The molecule has 5 nitrogen and oxygen atoms in total. The number of benzene rings is 1. The normalized spacial score (nSPS) is 10.9. The molecule has 0 bridgehead atoms. The molecule has 0 aliphatic carbocycles. The van der Waals surface area contributed by atoms with Crippen molar-refractivity contribution in [1.82, 2.24) is 5.43 Å². The zero-order chi connectivity index (χ0) is 16.1. The number of rotatable bonds is 5. The van der Waals surface area contributed by atoms with Gasteiger partial charge in [0.25, 0.3) is 5.91 Å². The summed E-state index contributed by atoms with van der Waals surface area (Å²) in [4.78, 5) is 11.6. The first-order chi connectivity index (χ1) is 10.5. The third-order valence-corrected chi connectivity index (χ3v) is 3.26. The zero-order valence-electron chi connectivity index (χ0n) is 12.0. The Balaban J connectivity index is 1.84. The van der Waals surface area contributed by atoms with E-state index in [0.717, 1.165) is 17.1 Å². The van der Waals surface area contributed by atoms with Crippen LogP contribution in [0.15, 0.2) is 33.8 Å². The van der Waals surface area contributed by atoms with Gasteiger partial charge in [0.2, 0.25) is 0 Å². The van der Waals surface area contributed by atoms with Gasteiger partial charge in [0.05, 0.1) is 11.2 Å². The molecule has 1 N–H and O–H groups in total. The van der Waals surface area contributed by atoms with Gasteiger partial charge in [-0.25, -0.2) is 5.43 Å². The first-order valence-corrected chi connectivity index (χ1v) is 7.18. The van der Waals surface area contributed by atoms with Crippen LogP contribution in [0.25, 0.3) is 0 Å². The molecule has 0 fully saturated rings. The molecular weight excluding hydrogens is 327 g/mol. The fourth-order valence-electron chi connectivity index (χ4n) is 1.72. The van der Waals surface area contributed by atoms with Crippen molar-refractivity contribution in [2.24, 2.45) is 5.10 Å². The standard InChI is InChI=1S/C15H14Cl2N2O3/c1-9-5-11(10(2)22-9)7-18-19-15(20)8-21-14-4-3-12(16)6-13(14)17/h3-7H,8H2,1-2H3,(H,19,20)/b18-7-. The number of hydrogen-bond donors (Lipinski definition) is 1. The van der Waals surface area contributed by atoms with Gasteiger partial charge >= 0.3 is 0 Å². The molecule has 0 saturated heterocycles. The van der Waals surface area contributed by atoms with Crippen molar-refractivity contribution in [3.63, 3.8) is 0 Å². The molecule has 116 valence electrons. The molecule has 0 spiro atoms. The lowest BCUT2D eigenvalue weighted by Crippen LogP contribution is -2.24. The van der Waals surface area contributed by atoms with Crippen molar-refractivity contribution in [3.8, 4) is 5.75 Å². The Morgan fingerprint density at radius 1 is 1.36 bits per heavy atom. The number of amides is 1. The number of carbonyl (C=O) groups is 1. The summed E-state index contributed by atoms with van der Waals surface area (Å²) in [5.74, 6) is 1.50. The van der Waals surface area contributed by atoms with Crippen LogP contribution in [0.3, 0.4) is 0 Å². The highest BCUT2D eigenvalue weighted by molar-refractivity contribution is 6.35. The summed E-state index contributed by atoms with van der Waals surface area (Å²) in [6.07, 6.45) is 1.51. The van der Waals surface area contributed by atoms with Crippen LogP contribution in [-0.4, -0.2) is 18.7 Å². The van der Waals surface area contributed by atoms with Gasteiger partial charge in [-0.1, -0.05) is 23.2 Å². The van der Waals surface area contributed by atoms with E-state index in [2.05, 4.69) is 10.5 Å². The van der Waals surface area contributed by atoms with E-state index in [0.29, 0.717) is 15.8 Å². The number of hydrazone groups is 1. The number of hydrogen-bond acceptors (Lipinski definition) is 4. The lowest BCUT2D eigenvalue weighted by Gasteiger charge is -2.06. The third kappa shape index (κ3) is 4.51. The maximum Gasteiger partial charge on any atom is 0.277 e. The molecule has 22 heavy (non-hydrogen) atoms. The van der Waals surface area contributed by atoms with Crippen LogP contribution < -0.4 is 10.2 Å². The number of carbonyl (C=O) groups excluding carboxylic acids is 1. The summed E-state index contributed by atoms with van der Waals surface area (Å²) < 4.78 is 10.6. The molecule has 2 aromatic rings.